The second-order valence-electron chi connectivity index (χ2n) is 4.79. The first-order valence-electron chi connectivity index (χ1n) is 6.96. The number of carbonyl (C=O) groups excluding carboxylic acids is 1. The van der Waals surface area contributed by atoms with Crippen LogP contribution in [0, 0.1) is 27.3 Å². The first-order valence-corrected chi connectivity index (χ1v) is 6.96. The predicted octanol–water partition coefficient (Wildman–Crippen LogP) is 3.29. The molecule has 0 aliphatic carbocycles. The van der Waals surface area contributed by atoms with E-state index in [0.29, 0.717) is 0 Å². The van der Waals surface area contributed by atoms with Gasteiger partial charge in [-0.15, -0.1) is 0 Å². The summed E-state index contributed by atoms with van der Waals surface area (Å²) in [5.41, 5.74) is -0.451. The molecule has 126 valence electrons. The van der Waals surface area contributed by atoms with E-state index in [9.17, 15) is 19.3 Å². The Morgan fingerprint density at radius 3 is 2.68 bits per heavy atom. The standard InChI is InChI=1S/C17H12FN3O4/c1-25-16-7-6-11(9-15(16)21(23)24)8-12(10-19)17(22)20-14-5-3-2-4-13(14)18/h2-9H,1H3,(H,20,22)/b12-8-. The Hall–Kier alpha value is -3.73. The van der Waals surface area contributed by atoms with Gasteiger partial charge in [-0.05, 0) is 29.8 Å². The van der Waals surface area contributed by atoms with Crippen LogP contribution in [0.4, 0.5) is 15.8 Å². The minimum absolute atomic E-state index is 0.0523. The van der Waals surface area contributed by atoms with Gasteiger partial charge >= 0.3 is 5.69 Å². The molecule has 0 saturated heterocycles. The summed E-state index contributed by atoms with van der Waals surface area (Å²) < 4.78 is 18.4. The van der Waals surface area contributed by atoms with E-state index in [2.05, 4.69) is 5.32 Å². The SMILES string of the molecule is COc1ccc(/C=C(/C#N)C(=O)Nc2ccccc2F)cc1[N+](=O)[O-]. The van der Waals surface area contributed by atoms with Crippen LogP contribution in [0.3, 0.4) is 0 Å². The third kappa shape index (κ3) is 4.17. The highest BCUT2D eigenvalue weighted by Gasteiger charge is 2.16. The Morgan fingerprint density at radius 1 is 1.36 bits per heavy atom. The Bertz CT molecular complexity index is 903. The number of anilines is 1. The molecule has 0 unspecified atom stereocenters. The van der Waals surface area contributed by atoms with Crippen LogP contribution in [-0.4, -0.2) is 17.9 Å². The average Bonchev–Trinajstić information content (AvgIpc) is 2.61. The number of para-hydroxylation sites is 1. The van der Waals surface area contributed by atoms with Gasteiger partial charge in [0.05, 0.1) is 17.7 Å². The number of nitrogens with one attached hydrogen (secondary N) is 1. The van der Waals surface area contributed by atoms with E-state index >= 15 is 0 Å². The minimum Gasteiger partial charge on any atom is -0.490 e. The van der Waals surface area contributed by atoms with Gasteiger partial charge in [-0.3, -0.25) is 14.9 Å². The monoisotopic (exact) mass is 341 g/mol. The lowest BCUT2D eigenvalue weighted by atomic mass is 10.1. The summed E-state index contributed by atoms with van der Waals surface area (Å²) in [7, 11) is 1.29. The number of rotatable bonds is 5. The molecule has 2 aromatic carbocycles. The molecule has 0 aromatic heterocycles. The molecule has 7 nitrogen and oxygen atoms in total. The third-order valence-corrected chi connectivity index (χ3v) is 3.20. The van der Waals surface area contributed by atoms with Crippen LogP contribution in [0.2, 0.25) is 0 Å². The van der Waals surface area contributed by atoms with Crippen LogP contribution in [-0.2, 0) is 4.79 Å². The number of benzene rings is 2. The molecule has 1 amide bonds. The number of nitro benzene ring substituents is 1. The van der Waals surface area contributed by atoms with Crippen molar-refractivity contribution in [1.82, 2.24) is 0 Å². The largest absolute Gasteiger partial charge is 0.490 e. The predicted molar refractivity (Wildman–Crippen MR) is 88.3 cm³/mol. The normalized spacial score (nSPS) is 10.7. The fourth-order valence-electron chi connectivity index (χ4n) is 2.01. The number of nitrogens with zero attached hydrogens (tertiary/aromatic N) is 2. The second-order valence-corrected chi connectivity index (χ2v) is 4.79. The summed E-state index contributed by atoms with van der Waals surface area (Å²) in [5, 5.41) is 22.5. The molecule has 0 aliphatic rings. The lowest BCUT2D eigenvalue weighted by Crippen LogP contribution is -2.14. The molecule has 0 saturated carbocycles. The maximum Gasteiger partial charge on any atom is 0.311 e. The van der Waals surface area contributed by atoms with Crippen LogP contribution in [0.1, 0.15) is 5.56 Å². The highest BCUT2D eigenvalue weighted by Crippen LogP contribution is 2.28. The van der Waals surface area contributed by atoms with Crippen LogP contribution >= 0.6 is 0 Å². The van der Waals surface area contributed by atoms with E-state index in [0.717, 1.165) is 6.07 Å². The van der Waals surface area contributed by atoms with E-state index in [-0.39, 0.29) is 28.3 Å². The Kier molecular flexibility index (Phi) is 5.43. The smallest absolute Gasteiger partial charge is 0.311 e. The van der Waals surface area contributed by atoms with Crippen molar-refractivity contribution in [2.75, 3.05) is 12.4 Å². The fourth-order valence-corrected chi connectivity index (χ4v) is 2.01. The van der Waals surface area contributed by atoms with Gasteiger partial charge in [0.1, 0.15) is 17.5 Å². The molecular formula is C17H12FN3O4. The first-order chi connectivity index (χ1) is 12.0. The van der Waals surface area contributed by atoms with Gasteiger partial charge in [0, 0.05) is 6.07 Å². The fraction of sp³-hybridized carbons (Fsp3) is 0.0588. The molecular weight excluding hydrogens is 329 g/mol. The topological polar surface area (TPSA) is 105 Å². The Balaban J connectivity index is 2.33. The van der Waals surface area contributed by atoms with Gasteiger partial charge in [0.25, 0.3) is 5.91 Å². The molecule has 0 heterocycles. The Morgan fingerprint density at radius 2 is 2.08 bits per heavy atom. The number of nitriles is 1. The van der Waals surface area contributed by atoms with Gasteiger partial charge in [-0.2, -0.15) is 5.26 Å². The number of amides is 1. The van der Waals surface area contributed by atoms with Crippen molar-refractivity contribution >= 4 is 23.4 Å². The van der Waals surface area contributed by atoms with Gasteiger partial charge in [-0.1, -0.05) is 18.2 Å². The molecule has 0 atom stereocenters. The maximum absolute atomic E-state index is 13.6. The number of halogens is 1. The number of carbonyl (C=O) groups is 1. The summed E-state index contributed by atoms with van der Waals surface area (Å²) in [5.74, 6) is -1.42. The lowest BCUT2D eigenvalue weighted by Gasteiger charge is -2.06. The summed E-state index contributed by atoms with van der Waals surface area (Å²) in [6.45, 7) is 0. The zero-order valence-electron chi connectivity index (χ0n) is 13.0. The lowest BCUT2D eigenvalue weighted by molar-refractivity contribution is -0.385. The summed E-state index contributed by atoms with van der Waals surface area (Å²) >= 11 is 0. The van der Waals surface area contributed by atoms with Crippen LogP contribution in [0.15, 0.2) is 48.0 Å². The zero-order valence-corrected chi connectivity index (χ0v) is 13.0. The average molecular weight is 341 g/mol. The van der Waals surface area contributed by atoms with Crippen LogP contribution < -0.4 is 10.1 Å². The van der Waals surface area contributed by atoms with Crippen molar-refractivity contribution in [1.29, 1.82) is 5.26 Å². The number of methoxy groups -OCH3 is 1. The van der Waals surface area contributed by atoms with Crippen molar-refractivity contribution in [3.05, 3.63) is 69.5 Å². The van der Waals surface area contributed by atoms with E-state index in [1.165, 1.54) is 49.6 Å². The van der Waals surface area contributed by atoms with Crippen molar-refractivity contribution in [2.45, 2.75) is 0 Å². The maximum atomic E-state index is 13.6. The molecule has 0 radical (unpaired) electrons. The highest BCUT2D eigenvalue weighted by atomic mass is 19.1. The molecule has 2 rings (SSSR count). The summed E-state index contributed by atoms with van der Waals surface area (Å²) in [6, 6.07) is 11.2. The van der Waals surface area contributed by atoms with Crippen molar-refractivity contribution in [3.8, 4) is 11.8 Å². The van der Waals surface area contributed by atoms with Crippen LogP contribution in [0.5, 0.6) is 5.75 Å². The van der Waals surface area contributed by atoms with Crippen molar-refractivity contribution < 1.29 is 18.8 Å². The van der Waals surface area contributed by atoms with Crippen LogP contribution in [0.25, 0.3) is 6.08 Å². The van der Waals surface area contributed by atoms with Gasteiger partial charge in [0.2, 0.25) is 0 Å². The van der Waals surface area contributed by atoms with E-state index in [4.69, 9.17) is 10.00 Å². The van der Waals surface area contributed by atoms with Crippen molar-refractivity contribution in [2.24, 2.45) is 0 Å². The van der Waals surface area contributed by atoms with Crippen molar-refractivity contribution in [3.63, 3.8) is 0 Å². The molecule has 0 aliphatic heterocycles. The molecule has 0 spiro atoms. The van der Waals surface area contributed by atoms with E-state index in [1.807, 2.05) is 0 Å². The number of hydrogen-bond acceptors (Lipinski definition) is 5. The van der Waals surface area contributed by atoms with Gasteiger partial charge in [0.15, 0.2) is 5.75 Å². The summed E-state index contributed by atoms with van der Waals surface area (Å²) in [4.78, 5) is 22.5. The molecule has 1 N–H and O–H groups in total. The molecule has 0 fully saturated rings. The second kappa shape index (κ2) is 7.70. The number of ether oxygens (including phenoxy) is 1. The summed E-state index contributed by atoms with van der Waals surface area (Å²) in [6.07, 6.45) is 1.17. The van der Waals surface area contributed by atoms with Gasteiger partial charge in [-0.25, -0.2) is 4.39 Å². The molecule has 2 aromatic rings. The number of nitro groups is 1. The number of hydrogen-bond donors (Lipinski definition) is 1. The quantitative estimate of drug-likeness (QED) is 0.389. The van der Waals surface area contributed by atoms with E-state index < -0.39 is 16.6 Å². The Labute approximate surface area is 142 Å². The minimum atomic E-state index is -0.828. The first kappa shape index (κ1) is 17.6. The molecule has 25 heavy (non-hydrogen) atoms. The van der Waals surface area contributed by atoms with Gasteiger partial charge < -0.3 is 10.1 Å². The third-order valence-electron chi connectivity index (χ3n) is 3.20. The molecule has 0 bridgehead atoms. The highest BCUT2D eigenvalue weighted by molar-refractivity contribution is 6.09. The zero-order chi connectivity index (χ0) is 18.4. The van der Waals surface area contributed by atoms with E-state index in [1.54, 1.807) is 6.07 Å². The molecule has 8 heteroatoms.